The lowest BCUT2D eigenvalue weighted by atomic mass is 10.1. The summed E-state index contributed by atoms with van der Waals surface area (Å²) in [5.74, 6) is -1.42. The highest BCUT2D eigenvalue weighted by Gasteiger charge is 2.11. The predicted octanol–water partition coefficient (Wildman–Crippen LogP) is 2.42. The summed E-state index contributed by atoms with van der Waals surface area (Å²) in [4.78, 5) is 24.6. The van der Waals surface area contributed by atoms with Crippen LogP contribution in [-0.2, 0) is 6.54 Å². The second-order valence-electron chi connectivity index (χ2n) is 7.96. The van der Waals surface area contributed by atoms with Gasteiger partial charge < -0.3 is 14.5 Å². The minimum Gasteiger partial charge on any atom is -0.545 e. The number of aromatic carboxylic acids is 1. The normalized spacial score (nSPS) is 11.9. The van der Waals surface area contributed by atoms with Gasteiger partial charge in [-0.3, -0.25) is 9.89 Å². The Balaban J connectivity index is 1.65. The first-order chi connectivity index (χ1) is 16.4. The second-order valence-corrected chi connectivity index (χ2v) is 8.36. The summed E-state index contributed by atoms with van der Waals surface area (Å²) in [6.45, 7) is 4.68. The molecule has 0 spiro atoms. The zero-order valence-electron chi connectivity index (χ0n) is 18.0. The molecular formula is C27H19ClN3O3-. The quantitative estimate of drug-likeness (QED) is 0.430. The first-order valence-corrected chi connectivity index (χ1v) is 10.9. The van der Waals surface area contributed by atoms with Crippen molar-refractivity contribution in [3.63, 3.8) is 0 Å². The van der Waals surface area contributed by atoms with Crippen molar-refractivity contribution in [1.82, 2.24) is 14.3 Å². The SMILES string of the molecule is C=c1[nH]n(-c2ccc(Cl)c(C(=O)[O-])c2)c(=O)c1=Cc1cn(Cc2ccccc2)c2ccccc12. The number of fused-ring (bicyclic) bond motifs is 1. The highest BCUT2D eigenvalue weighted by molar-refractivity contribution is 6.33. The van der Waals surface area contributed by atoms with E-state index in [0.29, 0.717) is 22.8 Å². The van der Waals surface area contributed by atoms with Crippen LogP contribution in [-0.4, -0.2) is 20.3 Å². The van der Waals surface area contributed by atoms with Gasteiger partial charge in [-0.25, -0.2) is 4.68 Å². The first-order valence-electron chi connectivity index (χ1n) is 10.6. The summed E-state index contributed by atoms with van der Waals surface area (Å²) < 4.78 is 3.40. The molecule has 0 aliphatic rings. The molecule has 0 unspecified atom stereocenters. The summed E-state index contributed by atoms with van der Waals surface area (Å²) in [5.41, 5.74) is 2.88. The predicted molar refractivity (Wildman–Crippen MR) is 132 cm³/mol. The van der Waals surface area contributed by atoms with Crippen LogP contribution in [0, 0.1) is 0 Å². The largest absolute Gasteiger partial charge is 0.545 e. The zero-order valence-corrected chi connectivity index (χ0v) is 18.8. The van der Waals surface area contributed by atoms with Crippen LogP contribution in [0.25, 0.3) is 29.2 Å². The van der Waals surface area contributed by atoms with Gasteiger partial charge >= 0.3 is 0 Å². The van der Waals surface area contributed by atoms with Gasteiger partial charge in [0.05, 0.1) is 22.2 Å². The van der Waals surface area contributed by atoms with Gasteiger partial charge in [0.15, 0.2) is 0 Å². The van der Waals surface area contributed by atoms with Gasteiger partial charge in [-0.05, 0) is 35.9 Å². The van der Waals surface area contributed by atoms with E-state index in [0.717, 1.165) is 16.5 Å². The number of hydrogen-bond donors (Lipinski definition) is 1. The zero-order chi connectivity index (χ0) is 23.8. The lowest BCUT2D eigenvalue weighted by Gasteiger charge is -2.08. The third-order valence-electron chi connectivity index (χ3n) is 5.75. The Morgan fingerprint density at radius 2 is 1.79 bits per heavy atom. The van der Waals surface area contributed by atoms with Gasteiger partial charge in [-0.1, -0.05) is 66.7 Å². The Hall–Kier alpha value is -4.29. The number of carboxylic acids is 1. The average Bonchev–Trinajstić information content (AvgIpc) is 3.32. The lowest BCUT2D eigenvalue weighted by molar-refractivity contribution is -0.255. The van der Waals surface area contributed by atoms with Gasteiger partial charge in [0, 0.05) is 39.8 Å². The summed E-state index contributed by atoms with van der Waals surface area (Å²) >= 11 is 5.94. The lowest BCUT2D eigenvalue weighted by Crippen LogP contribution is -2.34. The molecule has 5 rings (SSSR count). The molecule has 5 aromatic rings. The van der Waals surface area contributed by atoms with Crippen LogP contribution in [0.4, 0.5) is 0 Å². The summed E-state index contributed by atoms with van der Waals surface area (Å²) in [5, 5.41) is 16.1. The summed E-state index contributed by atoms with van der Waals surface area (Å²) in [6, 6.07) is 22.4. The molecule has 0 saturated heterocycles. The Morgan fingerprint density at radius 1 is 1.06 bits per heavy atom. The molecular weight excluding hydrogens is 450 g/mol. The number of benzene rings is 3. The number of carbonyl (C=O) groups is 1. The maximum absolute atomic E-state index is 13.3. The fraction of sp³-hybridized carbons (Fsp3) is 0.0370. The molecule has 0 bridgehead atoms. The number of aromatic amines is 1. The van der Waals surface area contributed by atoms with E-state index in [1.54, 1.807) is 12.1 Å². The number of para-hydroxylation sites is 1. The smallest absolute Gasteiger partial charge is 0.279 e. The van der Waals surface area contributed by atoms with Crippen molar-refractivity contribution >= 4 is 41.1 Å². The van der Waals surface area contributed by atoms with Crippen LogP contribution in [0.3, 0.4) is 0 Å². The minimum absolute atomic E-state index is 0.0382. The van der Waals surface area contributed by atoms with E-state index in [9.17, 15) is 14.7 Å². The molecule has 0 saturated carbocycles. The van der Waals surface area contributed by atoms with E-state index in [1.165, 1.54) is 22.4 Å². The van der Waals surface area contributed by atoms with E-state index in [4.69, 9.17) is 11.6 Å². The van der Waals surface area contributed by atoms with Crippen molar-refractivity contribution in [1.29, 1.82) is 0 Å². The topological polar surface area (TPSA) is 82.8 Å². The Morgan fingerprint density at radius 3 is 2.56 bits per heavy atom. The van der Waals surface area contributed by atoms with Crippen molar-refractivity contribution < 1.29 is 9.90 Å². The van der Waals surface area contributed by atoms with Crippen LogP contribution in [0.5, 0.6) is 0 Å². The number of nitrogens with zero attached hydrogens (tertiary/aromatic N) is 2. The number of carbonyl (C=O) groups excluding carboxylic acids is 1. The molecule has 0 radical (unpaired) electrons. The van der Waals surface area contributed by atoms with Crippen molar-refractivity contribution in [3.05, 3.63) is 122 Å². The van der Waals surface area contributed by atoms with Gasteiger partial charge in [-0.2, -0.15) is 0 Å². The van der Waals surface area contributed by atoms with Gasteiger partial charge in [0.2, 0.25) is 0 Å². The molecule has 2 aromatic heterocycles. The molecule has 0 atom stereocenters. The van der Waals surface area contributed by atoms with Gasteiger partial charge in [0.1, 0.15) is 0 Å². The highest BCUT2D eigenvalue weighted by Crippen LogP contribution is 2.23. The van der Waals surface area contributed by atoms with Crippen LogP contribution in [0.15, 0.2) is 83.8 Å². The van der Waals surface area contributed by atoms with E-state index in [1.807, 2.05) is 48.7 Å². The third kappa shape index (κ3) is 3.84. The monoisotopic (exact) mass is 468 g/mol. The van der Waals surface area contributed by atoms with Crippen LogP contribution >= 0.6 is 11.6 Å². The maximum atomic E-state index is 13.3. The van der Waals surface area contributed by atoms with Gasteiger partial charge in [0.25, 0.3) is 5.56 Å². The third-order valence-corrected chi connectivity index (χ3v) is 6.08. The fourth-order valence-electron chi connectivity index (χ4n) is 4.09. The molecule has 6 nitrogen and oxygen atoms in total. The van der Waals surface area contributed by atoms with E-state index < -0.39 is 5.97 Å². The number of H-pyrrole nitrogens is 1. The Bertz CT molecular complexity index is 1710. The van der Waals surface area contributed by atoms with Crippen LogP contribution in [0.1, 0.15) is 21.5 Å². The number of hydrogen-bond acceptors (Lipinski definition) is 3. The maximum Gasteiger partial charge on any atom is 0.279 e. The molecule has 34 heavy (non-hydrogen) atoms. The minimum atomic E-state index is -1.42. The fourth-order valence-corrected chi connectivity index (χ4v) is 4.29. The molecule has 168 valence electrons. The molecule has 3 aromatic carbocycles. The summed E-state index contributed by atoms with van der Waals surface area (Å²) in [6.07, 6.45) is 3.82. The average molecular weight is 469 g/mol. The van der Waals surface area contributed by atoms with E-state index in [-0.39, 0.29) is 16.1 Å². The Labute approximate surface area is 199 Å². The van der Waals surface area contributed by atoms with Crippen molar-refractivity contribution in [2.24, 2.45) is 0 Å². The van der Waals surface area contributed by atoms with Crippen LogP contribution < -0.4 is 21.2 Å². The van der Waals surface area contributed by atoms with Crippen molar-refractivity contribution in [2.75, 3.05) is 0 Å². The number of rotatable bonds is 5. The number of halogens is 1. The molecule has 0 fully saturated rings. The number of carboxylic acid groups (broad SMARTS) is 1. The van der Waals surface area contributed by atoms with Gasteiger partial charge in [-0.15, -0.1) is 0 Å². The second kappa shape index (κ2) is 8.57. The molecule has 0 aliphatic carbocycles. The van der Waals surface area contributed by atoms with Crippen molar-refractivity contribution in [2.45, 2.75) is 6.54 Å². The first kappa shape index (κ1) is 21.6. The number of nitrogens with one attached hydrogen (secondary N) is 1. The Kier molecular flexibility index (Phi) is 5.43. The highest BCUT2D eigenvalue weighted by atomic mass is 35.5. The molecule has 2 heterocycles. The van der Waals surface area contributed by atoms with Crippen LogP contribution in [0.2, 0.25) is 5.02 Å². The standard InChI is InChI=1S/C27H20ClN3O3/c1-17-22(26(32)31(29-17)20-11-12-24(28)23(14-20)27(33)34)13-19-16-30(15-18-7-3-2-4-8-18)25-10-6-5-9-21(19)25/h2-14,16,29H,1,15H2,(H,33,34)/p-1. The molecule has 1 N–H and O–H groups in total. The van der Waals surface area contributed by atoms with E-state index in [2.05, 4.69) is 28.4 Å². The number of aromatic nitrogens is 3. The molecule has 0 aliphatic heterocycles. The summed E-state index contributed by atoms with van der Waals surface area (Å²) in [7, 11) is 0. The van der Waals surface area contributed by atoms with E-state index >= 15 is 0 Å². The molecule has 0 amide bonds. The molecule has 7 heteroatoms. The van der Waals surface area contributed by atoms with Crippen molar-refractivity contribution in [3.8, 4) is 5.69 Å².